The van der Waals surface area contributed by atoms with Crippen LogP contribution in [0.15, 0.2) is 18.5 Å². The van der Waals surface area contributed by atoms with Crippen LogP contribution in [-0.4, -0.2) is 58.1 Å². The predicted octanol–water partition coefficient (Wildman–Crippen LogP) is 2.88. The van der Waals surface area contributed by atoms with Crippen LogP contribution in [0, 0.1) is 17.8 Å². The molecule has 2 saturated carbocycles. The lowest BCUT2D eigenvalue weighted by molar-refractivity contribution is -0.274. The molecule has 166 valence electrons. The van der Waals surface area contributed by atoms with Crippen molar-refractivity contribution in [2.24, 2.45) is 17.8 Å². The lowest BCUT2D eigenvalue weighted by Crippen LogP contribution is -2.49. The summed E-state index contributed by atoms with van der Waals surface area (Å²) in [5, 5.41) is 0. The third kappa shape index (κ3) is 3.65. The SMILES string of the molecule is Nc1ncc(-c2cn([C@H]3[C@@H]4CN(C5COC5)C[C@@H]43)c(CC3CC3)n2)cc1OC(F)(F)F. The van der Waals surface area contributed by atoms with Gasteiger partial charge in [0.1, 0.15) is 5.82 Å². The van der Waals surface area contributed by atoms with Crippen LogP contribution in [0.3, 0.4) is 0 Å². The Morgan fingerprint density at radius 3 is 2.55 bits per heavy atom. The second-order valence-corrected chi connectivity index (χ2v) is 9.22. The second kappa shape index (κ2) is 6.83. The van der Waals surface area contributed by atoms with Gasteiger partial charge in [0.25, 0.3) is 0 Å². The monoisotopic (exact) mass is 435 g/mol. The molecule has 0 aromatic carbocycles. The molecule has 31 heavy (non-hydrogen) atoms. The van der Waals surface area contributed by atoms with Gasteiger partial charge >= 0.3 is 6.36 Å². The number of anilines is 1. The van der Waals surface area contributed by atoms with Crippen LogP contribution in [0.1, 0.15) is 24.7 Å². The number of imidazole rings is 1. The van der Waals surface area contributed by atoms with E-state index in [9.17, 15) is 13.2 Å². The molecule has 10 heteroatoms. The number of piperidine rings is 1. The Kier molecular flexibility index (Phi) is 4.27. The smallest absolute Gasteiger partial charge is 0.402 e. The number of halogens is 3. The average molecular weight is 435 g/mol. The molecule has 2 N–H and O–H groups in total. The molecular weight excluding hydrogens is 411 g/mol. The van der Waals surface area contributed by atoms with Crippen LogP contribution in [-0.2, 0) is 11.2 Å². The topological polar surface area (TPSA) is 78.4 Å². The van der Waals surface area contributed by atoms with Gasteiger partial charge in [-0.2, -0.15) is 0 Å². The van der Waals surface area contributed by atoms with Gasteiger partial charge < -0.3 is 19.8 Å². The quantitative estimate of drug-likeness (QED) is 0.752. The van der Waals surface area contributed by atoms with E-state index in [1.165, 1.54) is 25.1 Å². The number of ether oxygens (including phenoxy) is 2. The zero-order valence-corrected chi connectivity index (χ0v) is 16.9. The minimum Gasteiger partial charge on any atom is -0.402 e. The summed E-state index contributed by atoms with van der Waals surface area (Å²) < 4.78 is 49.7. The highest BCUT2D eigenvalue weighted by Gasteiger charge is 2.58. The van der Waals surface area contributed by atoms with Gasteiger partial charge in [-0.25, -0.2) is 9.97 Å². The molecule has 0 radical (unpaired) electrons. The molecule has 0 spiro atoms. The molecule has 0 unspecified atom stereocenters. The Bertz CT molecular complexity index is 989. The van der Waals surface area contributed by atoms with Gasteiger partial charge in [0.2, 0.25) is 0 Å². The standard InChI is InChI=1S/C21H24F3N5O2/c22-21(23,24)31-17-4-12(5-26-20(17)25)16-8-29(18(27-16)3-11-1-2-11)19-14-6-28(7-15(14)19)13-9-30-10-13/h4-5,8,11,13-15,19H,1-3,6-7,9-10H2,(H2,25,26)/t14-,15+,19+. The molecule has 0 amide bonds. The van der Waals surface area contributed by atoms with Crippen LogP contribution in [0.2, 0.25) is 0 Å². The second-order valence-electron chi connectivity index (χ2n) is 9.22. The summed E-state index contributed by atoms with van der Waals surface area (Å²) in [4.78, 5) is 11.2. The number of nitrogens with two attached hydrogens (primary N) is 1. The fraction of sp³-hybridized carbons (Fsp3) is 0.619. The molecule has 6 rings (SSSR count). The van der Waals surface area contributed by atoms with E-state index in [2.05, 4.69) is 19.2 Å². The summed E-state index contributed by atoms with van der Waals surface area (Å²) >= 11 is 0. The Morgan fingerprint density at radius 2 is 1.94 bits per heavy atom. The number of alkyl halides is 3. The fourth-order valence-electron chi connectivity index (χ4n) is 5.03. The lowest BCUT2D eigenvalue weighted by Gasteiger charge is -2.36. The van der Waals surface area contributed by atoms with E-state index < -0.39 is 12.1 Å². The highest BCUT2D eigenvalue weighted by molar-refractivity contribution is 5.64. The highest BCUT2D eigenvalue weighted by atomic mass is 19.4. The highest BCUT2D eigenvalue weighted by Crippen LogP contribution is 2.56. The van der Waals surface area contributed by atoms with Gasteiger partial charge in [0.15, 0.2) is 11.6 Å². The molecule has 3 atom stereocenters. The maximum absolute atomic E-state index is 12.7. The van der Waals surface area contributed by atoms with E-state index in [-0.39, 0.29) is 5.82 Å². The maximum Gasteiger partial charge on any atom is 0.573 e. The van der Waals surface area contributed by atoms with Gasteiger partial charge in [-0.05, 0) is 36.7 Å². The van der Waals surface area contributed by atoms with Crippen LogP contribution in [0.5, 0.6) is 5.75 Å². The summed E-state index contributed by atoms with van der Waals surface area (Å²) in [6.07, 6.45) is 1.93. The fourth-order valence-corrected chi connectivity index (χ4v) is 5.03. The van der Waals surface area contributed by atoms with E-state index in [0.717, 1.165) is 38.5 Å². The number of hydrogen-bond donors (Lipinski definition) is 1. The van der Waals surface area contributed by atoms with Crippen molar-refractivity contribution in [2.45, 2.75) is 37.7 Å². The van der Waals surface area contributed by atoms with E-state index in [0.29, 0.717) is 41.1 Å². The summed E-state index contributed by atoms with van der Waals surface area (Å²) in [5.74, 6) is 2.10. The predicted molar refractivity (Wildman–Crippen MR) is 105 cm³/mol. The largest absolute Gasteiger partial charge is 0.573 e. The van der Waals surface area contributed by atoms with Crippen molar-refractivity contribution in [1.82, 2.24) is 19.4 Å². The number of rotatable bonds is 6. The molecule has 4 fully saturated rings. The van der Waals surface area contributed by atoms with Crippen LogP contribution in [0.25, 0.3) is 11.3 Å². The van der Waals surface area contributed by atoms with E-state index in [1.807, 2.05) is 6.20 Å². The van der Waals surface area contributed by atoms with Crippen molar-refractivity contribution in [2.75, 3.05) is 32.0 Å². The third-order valence-corrected chi connectivity index (χ3v) is 7.02. The zero-order valence-electron chi connectivity index (χ0n) is 16.9. The Labute approximate surface area is 177 Å². The molecule has 2 saturated heterocycles. The first-order valence-electron chi connectivity index (χ1n) is 10.8. The molecular formula is C21H24F3N5O2. The van der Waals surface area contributed by atoms with Gasteiger partial charge in [0.05, 0.1) is 24.9 Å². The number of hydrogen-bond acceptors (Lipinski definition) is 6. The van der Waals surface area contributed by atoms with E-state index in [1.54, 1.807) is 0 Å². The van der Waals surface area contributed by atoms with Gasteiger partial charge in [-0.3, -0.25) is 4.90 Å². The van der Waals surface area contributed by atoms with Crippen molar-refractivity contribution in [3.05, 3.63) is 24.3 Å². The van der Waals surface area contributed by atoms with E-state index >= 15 is 0 Å². The minimum absolute atomic E-state index is 0.296. The van der Waals surface area contributed by atoms with E-state index in [4.69, 9.17) is 15.5 Å². The summed E-state index contributed by atoms with van der Waals surface area (Å²) in [6, 6.07) is 2.25. The van der Waals surface area contributed by atoms with Crippen molar-refractivity contribution >= 4 is 5.82 Å². The van der Waals surface area contributed by atoms with Crippen LogP contribution in [0.4, 0.5) is 19.0 Å². The number of likely N-dealkylation sites (tertiary alicyclic amines) is 1. The molecule has 7 nitrogen and oxygen atoms in total. The molecule has 4 aliphatic rings. The summed E-state index contributed by atoms with van der Waals surface area (Å²) in [7, 11) is 0. The van der Waals surface area contributed by atoms with Gasteiger partial charge in [0, 0.05) is 43.5 Å². The minimum atomic E-state index is -4.83. The van der Waals surface area contributed by atoms with Gasteiger partial charge in [-0.15, -0.1) is 13.2 Å². The third-order valence-electron chi connectivity index (χ3n) is 7.02. The first kappa shape index (κ1) is 19.4. The average Bonchev–Trinajstić information content (AvgIpc) is 3.50. The molecule has 2 aliphatic carbocycles. The number of nitrogen functional groups attached to an aromatic ring is 1. The summed E-state index contributed by atoms with van der Waals surface area (Å²) in [6.45, 7) is 3.82. The number of fused-ring (bicyclic) bond motifs is 1. The van der Waals surface area contributed by atoms with Gasteiger partial charge in [-0.1, -0.05) is 0 Å². The van der Waals surface area contributed by atoms with Crippen molar-refractivity contribution in [3.63, 3.8) is 0 Å². The molecule has 4 heterocycles. The molecule has 2 aromatic heterocycles. The Balaban J connectivity index is 1.26. The first-order chi connectivity index (χ1) is 14.9. The van der Waals surface area contributed by atoms with Crippen molar-refractivity contribution in [1.29, 1.82) is 0 Å². The normalized spacial score (nSPS) is 28.4. The Hall–Kier alpha value is -2.33. The zero-order chi connectivity index (χ0) is 21.3. The number of nitrogens with zero attached hydrogens (tertiary/aromatic N) is 4. The number of aromatic nitrogens is 3. The van der Waals surface area contributed by atoms with Crippen LogP contribution >= 0.6 is 0 Å². The van der Waals surface area contributed by atoms with Crippen molar-refractivity contribution < 1.29 is 22.6 Å². The van der Waals surface area contributed by atoms with Crippen molar-refractivity contribution in [3.8, 4) is 17.0 Å². The lowest BCUT2D eigenvalue weighted by atomic mass is 10.2. The first-order valence-corrected chi connectivity index (χ1v) is 10.8. The maximum atomic E-state index is 12.7. The number of pyridine rings is 1. The summed E-state index contributed by atoms with van der Waals surface area (Å²) in [5.41, 5.74) is 6.67. The van der Waals surface area contributed by atoms with Crippen LogP contribution < -0.4 is 10.5 Å². The molecule has 2 aromatic rings. The Morgan fingerprint density at radius 1 is 1.19 bits per heavy atom. The molecule has 2 aliphatic heterocycles. The molecule has 0 bridgehead atoms.